The van der Waals surface area contributed by atoms with Gasteiger partial charge in [0.2, 0.25) is 0 Å². The van der Waals surface area contributed by atoms with E-state index in [9.17, 15) is 34.5 Å². The number of fused-ring (bicyclic) bond motifs is 2. The molecule has 0 spiro atoms. The lowest BCUT2D eigenvalue weighted by Crippen LogP contribution is -2.50. The fourth-order valence-corrected chi connectivity index (χ4v) is 4.69. The predicted octanol–water partition coefficient (Wildman–Crippen LogP) is -4.00. The molecule has 0 amide bonds. The third-order valence-corrected chi connectivity index (χ3v) is 6.37. The summed E-state index contributed by atoms with van der Waals surface area (Å²) < 4.78 is 4.50. The fourth-order valence-electron chi connectivity index (χ4n) is 4.69. The van der Waals surface area contributed by atoms with E-state index in [-0.39, 0.29) is 49.4 Å². The first-order valence-corrected chi connectivity index (χ1v) is 11.0. The highest BCUT2D eigenvalue weighted by molar-refractivity contribution is 5.80. The molecule has 2 unspecified atom stereocenters. The second-order valence-corrected chi connectivity index (χ2v) is 8.97. The molecular formula is C20H30N8O7. The van der Waals surface area contributed by atoms with Crippen molar-refractivity contribution in [2.45, 2.75) is 19.1 Å². The maximum absolute atomic E-state index is 13.1. The highest BCUT2D eigenvalue weighted by Crippen LogP contribution is 2.39. The van der Waals surface area contributed by atoms with Gasteiger partial charge in [-0.2, -0.15) is 0 Å². The molecule has 2 aromatic rings. The van der Waals surface area contributed by atoms with Crippen LogP contribution in [0.25, 0.3) is 0 Å². The van der Waals surface area contributed by atoms with Crippen LogP contribution in [0.3, 0.4) is 0 Å². The van der Waals surface area contributed by atoms with E-state index in [1.165, 1.54) is 42.2 Å². The molecule has 2 atom stereocenters. The van der Waals surface area contributed by atoms with Gasteiger partial charge in [0.15, 0.2) is 11.6 Å². The van der Waals surface area contributed by atoms with Crippen molar-refractivity contribution in [3.8, 4) is 0 Å². The molecule has 15 nitrogen and oxygen atoms in total. The van der Waals surface area contributed by atoms with Gasteiger partial charge in [-0.25, -0.2) is 19.6 Å². The quantitative estimate of drug-likeness (QED) is 0.359. The van der Waals surface area contributed by atoms with Crippen LogP contribution >= 0.6 is 0 Å². The number of aliphatic hydroxyl groups is 3. The molecule has 0 bridgehead atoms. The maximum Gasteiger partial charge on any atom is 0.332 e. The van der Waals surface area contributed by atoms with Crippen molar-refractivity contribution in [3.63, 3.8) is 0 Å². The van der Waals surface area contributed by atoms with Crippen LogP contribution in [0, 0.1) is 0 Å². The number of aliphatic hydroxyl groups excluding tert-OH is 3. The molecule has 3 N–H and O–H groups in total. The Morgan fingerprint density at radius 1 is 0.714 bits per heavy atom. The van der Waals surface area contributed by atoms with Crippen LogP contribution in [-0.4, -0.2) is 78.8 Å². The van der Waals surface area contributed by atoms with Gasteiger partial charge in [-0.15, -0.1) is 0 Å². The smallest absolute Gasteiger partial charge is 0.332 e. The van der Waals surface area contributed by atoms with E-state index in [4.69, 9.17) is 0 Å². The molecule has 0 fully saturated rings. The van der Waals surface area contributed by atoms with Crippen molar-refractivity contribution in [2.24, 2.45) is 28.2 Å². The number of β-amino-alcohol motifs (C(OH)–C–C–N with tert-alkyl or cyclic N) is 2. The SMILES string of the molecule is CC(O)CN1CN(N2CN(CC(O)CO)c3c2n(C)c(=O)n(C)c3=O)c2c1c(=O)n(C)c(=O)n2C. The largest absolute Gasteiger partial charge is 0.394 e. The zero-order chi connectivity index (χ0) is 25.9. The maximum atomic E-state index is 13.1. The van der Waals surface area contributed by atoms with Gasteiger partial charge in [0, 0.05) is 41.3 Å². The van der Waals surface area contributed by atoms with Crippen molar-refractivity contribution in [1.29, 1.82) is 0 Å². The number of aromatic nitrogens is 4. The van der Waals surface area contributed by atoms with E-state index in [0.29, 0.717) is 0 Å². The van der Waals surface area contributed by atoms with Gasteiger partial charge < -0.3 is 25.1 Å². The van der Waals surface area contributed by atoms with Crippen LogP contribution < -0.4 is 42.3 Å². The molecule has 0 saturated heterocycles. The Bertz CT molecular complexity index is 1400. The lowest BCUT2D eigenvalue weighted by atomic mass is 10.3. The third kappa shape index (κ3) is 3.62. The van der Waals surface area contributed by atoms with E-state index in [2.05, 4.69) is 0 Å². The summed E-state index contributed by atoms with van der Waals surface area (Å²) >= 11 is 0. The van der Waals surface area contributed by atoms with Gasteiger partial charge in [-0.05, 0) is 6.92 Å². The zero-order valence-corrected chi connectivity index (χ0v) is 20.2. The van der Waals surface area contributed by atoms with Crippen molar-refractivity contribution >= 4 is 23.0 Å². The van der Waals surface area contributed by atoms with Crippen molar-refractivity contribution in [1.82, 2.24) is 18.3 Å². The number of hydrogen-bond acceptors (Lipinski definition) is 11. The second kappa shape index (κ2) is 8.58. The molecule has 35 heavy (non-hydrogen) atoms. The Morgan fingerprint density at radius 3 is 1.49 bits per heavy atom. The number of rotatable bonds is 6. The first-order valence-electron chi connectivity index (χ1n) is 11.0. The van der Waals surface area contributed by atoms with Gasteiger partial charge in [-0.3, -0.25) is 27.9 Å². The molecule has 15 heteroatoms. The molecule has 192 valence electrons. The molecule has 2 aliphatic heterocycles. The highest BCUT2D eigenvalue weighted by Gasteiger charge is 2.43. The molecular weight excluding hydrogens is 464 g/mol. The van der Waals surface area contributed by atoms with Crippen LogP contribution in [0.15, 0.2) is 19.2 Å². The van der Waals surface area contributed by atoms with Crippen LogP contribution in [0.4, 0.5) is 23.0 Å². The average Bonchev–Trinajstić information content (AvgIpc) is 3.36. The monoisotopic (exact) mass is 494 g/mol. The summed E-state index contributed by atoms with van der Waals surface area (Å²) in [5.41, 5.74) is -1.96. The molecule has 4 rings (SSSR count). The van der Waals surface area contributed by atoms with E-state index in [1.54, 1.807) is 21.8 Å². The van der Waals surface area contributed by atoms with E-state index in [1.807, 2.05) is 0 Å². The number of hydrogen-bond donors (Lipinski definition) is 3. The van der Waals surface area contributed by atoms with Crippen molar-refractivity contribution in [3.05, 3.63) is 41.7 Å². The van der Waals surface area contributed by atoms with Crippen LogP contribution in [0.5, 0.6) is 0 Å². The summed E-state index contributed by atoms with van der Waals surface area (Å²) in [6, 6.07) is 0. The number of hydrazine groups is 1. The first-order chi connectivity index (χ1) is 16.4. The topological polar surface area (TPSA) is 162 Å². The van der Waals surface area contributed by atoms with Crippen molar-refractivity contribution in [2.75, 3.05) is 52.9 Å². The number of anilines is 4. The Balaban J connectivity index is 1.96. The molecule has 0 aromatic carbocycles. The Morgan fingerprint density at radius 2 is 1.11 bits per heavy atom. The second-order valence-electron chi connectivity index (χ2n) is 8.97. The Labute approximate surface area is 199 Å². The zero-order valence-electron chi connectivity index (χ0n) is 20.2. The summed E-state index contributed by atoms with van der Waals surface area (Å²) in [4.78, 5) is 55.0. The molecule has 2 aliphatic rings. The molecule has 0 saturated carbocycles. The average molecular weight is 495 g/mol. The minimum atomic E-state index is -1.15. The summed E-state index contributed by atoms with van der Waals surface area (Å²) in [7, 11) is 5.71. The first kappa shape index (κ1) is 24.6. The third-order valence-electron chi connectivity index (χ3n) is 6.37. The lowest BCUT2D eigenvalue weighted by Gasteiger charge is -2.33. The van der Waals surface area contributed by atoms with E-state index >= 15 is 0 Å². The molecule has 0 radical (unpaired) electrons. The van der Waals surface area contributed by atoms with Gasteiger partial charge in [0.25, 0.3) is 11.1 Å². The summed E-state index contributed by atoms with van der Waals surface area (Å²) in [6.45, 7) is 1.08. The lowest BCUT2D eigenvalue weighted by molar-refractivity contribution is 0.100. The summed E-state index contributed by atoms with van der Waals surface area (Å²) in [5, 5.41) is 32.7. The van der Waals surface area contributed by atoms with E-state index in [0.717, 1.165) is 9.13 Å². The minimum Gasteiger partial charge on any atom is -0.394 e. The van der Waals surface area contributed by atoms with Gasteiger partial charge in [-0.1, -0.05) is 0 Å². The highest BCUT2D eigenvalue weighted by atomic mass is 16.3. The summed E-state index contributed by atoms with van der Waals surface area (Å²) in [5.74, 6) is 0.448. The molecule has 0 aliphatic carbocycles. The van der Waals surface area contributed by atoms with Crippen molar-refractivity contribution < 1.29 is 15.3 Å². The van der Waals surface area contributed by atoms with Gasteiger partial charge >= 0.3 is 11.4 Å². The van der Waals surface area contributed by atoms with Crippen LogP contribution in [0.2, 0.25) is 0 Å². The fraction of sp³-hybridized carbons (Fsp3) is 0.600. The summed E-state index contributed by atoms with van der Waals surface area (Å²) in [6.07, 6.45) is -1.94. The molecule has 4 heterocycles. The van der Waals surface area contributed by atoms with Gasteiger partial charge in [0.1, 0.15) is 24.7 Å². The predicted molar refractivity (Wildman–Crippen MR) is 128 cm³/mol. The molecule has 2 aromatic heterocycles. The normalized spacial score (nSPS) is 16.7. The number of nitrogens with zero attached hydrogens (tertiary/aromatic N) is 8. The van der Waals surface area contributed by atoms with Gasteiger partial charge in [0.05, 0.1) is 18.8 Å². The van der Waals surface area contributed by atoms with Crippen LogP contribution in [0.1, 0.15) is 6.92 Å². The minimum absolute atomic E-state index is 0.00964. The van der Waals surface area contributed by atoms with E-state index < -0.39 is 41.3 Å². The van der Waals surface area contributed by atoms with Crippen LogP contribution in [-0.2, 0) is 28.2 Å². The Kier molecular flexibility index (Phi) is 6.02. The standard InChI is InChI=1S/C20H30N8O7/c1-11(30)6-25-9-27(15-13(25)17(32)23(4)19(34)21(15)2)28-10-26(7-12(31)8-29)14-16(28)22(3)20(35)24(5)18(14)33/h11-12,29-31H,6-10H2,1-5H3. The Hall–Kier alpha value is -3.56.